The van der Waals surface area contributed by atoms with E-state index in [-0.39, 0.29) is 6.04 Å². The monoisotopic (exact) mass is 283 g/mol. The van der Waals surface area contributed by atoms with Crippen molar-refractivity contribution in [2.24, 2.45) is 5.73 Å². The molecule has 0 spiro atoms. The molecule has 2 N–H and O–H groups in total. The highest BCUT2D eigenvalue weighted by Gasteiger charge is 2.18. The summed E-state index contributed by atoms with van der Waals surface area (Å²) in [5, 5.41) is 0. The summed E-state index contributed by atoms with van der Waals surface area (Å²) in [6, 6.07) is 4.33. The van der Waals surface area contributed by atoms with E-state index < -0.39 is 0 Å². The van der Waals surface area contributed by atoms with Gasteiger partial charge in [0.15, 0.2) is 0 Å². The Balaban J connectivity index is 2.42. The third-order valence-corrected chi connectivity index (χ3v) is 3.81. The minimum Gasteiger partial charge on any atom is -0.494 e. The molecule has 0 saturated heterocycles. The van der Waals surface area contributed by atoms with E-state index in [2.05, 4.69) is 28.1 Å². The highest BCUT2D eigenvalue weighted by molar-refractivity contribution is 9.10. The summed E-state index contributed by atoms with van der Waals surface area (Å²) in [5.41, 5.74) is 8.83. The predicted octanol–water partition coefficient (Wildman–Crippen LogP) is 3.57. The zero-order valence-electron chi connectivity index (χ0n) is 9.63. The summed E-state index contributed by atoms with van der Waals surface area (Å²) in [5.74, 6) is 0.922. The van der Waals surface area contributed by atoms with Crippen LogP contribution in [0.3, 0.4) is 0 Å². The molecule has 3 heteroatoms. The summed E-state index contributed by atoms with van der Waals surface area (Å²) in [4.78, 5) is 0. The molecule has 0 amide bonds. The summed E-state index contributed by atoms with van der Waals surface area (Å²) in [7, 11) is 0. The van der Waals surface area contributed by atoms with Gasteiger partial charge in [-0.2, -0.15) is 0 Å². The molecule has 1 aromatic carbocycles. The number of benzene rings is 1. The molecule has 1 aromatic rings. The Labute approximate surface area is 105 Å². The fraction of sp³-hybridized carbons (Fsp3) is 0.538. The summed E-state index contributed by atoms with van der Waals surface area (Å²) >= 11 is 3.63. The lowest BCUT2D eigenvalue weighted by molar-refractivity contribution is 0.339. The Hall–Kier alpha value is -0.540. The molecule has 2 rings (SSSR count). The molecule has 1 unspecified atom stereocenters. The highest BCUT2D eigenvalue weighted by Crippen LogP contribution is 2.35. The molecule has 2 nitrogen and oxygen atoms in total. The fourth-order valence-corrected chi connectivity index (χ4v) is 2.95. The number of hydrogen-bond acceptors (Lipinski definition) is 2. The standard InChI is InChI=1S/C13H18BrNO/c1-2-16-9-7-11-10(12(14)8-9)5-3-4-6-13(11)15/h7-8,13H,2-6,15H2,1H3. The van der Waals surface area contributed by atoms with E-state index in [0.29, 0.717) is 6.61 Å². The minimum absolute atomic E-state index is 0.161. The fourth-order valence-electron chi connectivity index (χ4n) is 2.30. The van der Waals surface area contributed by atoms with E-state index in [1.165, 1.54) is 24.0 Å². The molecule has 1 atom stereocenters. The maximum Gasteiger partial charge on any atom is 0.120 e. The van der Waals surface area contributed by atoms with Crippen molar-refractivity contribution < 1.29 is 4.74 Å². The molecule has 0 saturated carbocycles. The van der Waals surface area contributed by atoms with Crippen LogP contribution in [-0.2, 0) is 6.42 Å². The highest BCUT2D eigenvalue weighted by atomic mass is 79.9. The quantitative estimate of drug-likeness (QED) is 0.842. The third-order valence-electron chi connectivity index (χ3n) is 3.11. The molecule has 88 valence electrons. The molecule has 0 radical (unpaired) electrons. The van der Waals surface area contributed by atoms with Crippen molar-refractivity contribution in [2.75, 3.05) is 6.61 Å². The molecule has 0 aliphatic heterocycles. The largest absolute Gasteiger partial charge is 0.494 e. The number of nitrogens with two attached hydrogens (primary N) is 1. The van der Waals surface area contributed by atoms with Gasteiger partial charge in [-0.1, -0.05) is 22.4 Å². The zero-order chi connectivity index (χ0) is 11.5. The van der Waals surface area contributed by atoms with E-state index in [1.807, 2.05) is 6.92 Å². The van der Waals surface area contributed by atoms with Crippen molar-refractivity contribution in [1.82, 2.24) is 0 Å². The summed E-state index contributed by atoms with van der Waals surface area (Å²) in [6.07, 6.45) is 4.64. The van der Waals surface area contributed by atoms with Crippen molar-refractivity contribution in [2.45, 2.75) is 38.6 Å². The normalized spacial score (nSPS) is 20.1. The van der Waals surface area contributed by atoms with Crippen LogP contribution >= 0.6 is 15.9 Å². The van der Waals surface area contributed by atoms with Gasteiger partial charge in [-0.05, 0) is 49.4 Å². The Bertz CT molecular complexity index is 378. The molecule has 0 aromatic heterocycles. The maximum absolute atomic E-state index is 6.20. The second-order valence-corrected chi connectivity index (χ2v) is 5.11. The first kappa shape index (κ1) is 11.9. The van der Waals surface area contributed by atoms with Crippen molar-refractivity contribution >= 4 is 15.9 Å². The van der Waals surface area contributed by atoms with Crippen LogP contribution in [-0.4, -0.2) is 6.61 Å². The smallest absolute Gasteiger partial charge is 0.120 e. The molecule has 16 heavy (non-hydrogen) atoms. The van der Waals surface area contributed by atoms with Gasteiger partial charge in [0.2, 0.25) is 0 Å². The van der Waals surface area contributed by atoms with Gasteiger partial charge in [0.25, 0.3) is 0 Å². The van der Waals surface area contributed by atoms with E-state index in [1.54, 1.807) is 0 Å². The molecular weight excluding hydrogens is 266 g/mol. The average molecular weight is 284 g/mol. The molecule has 1 aliphatic carbocycles. The second kappa shape index (κ2) is 5.19. The zero-order valence-corrected chi connectivity index (χ0v) is 11.2. The van der Waals surface area contributed by atoms with Crippen LogP contribution in [0.2, 0.25) is 0 Å². The molecule has 0 heterocycles. The van der Waals surface area contributed by atoms with Crippen molar-refractivity contribution in [3.8, 4) is 5.75 Å². The third kappa shape index (κ3) is 2.41. The van der Waals surface area contributed by atoms with Crippen LogP contribution in [0.25, 0.3) is 0 Å². The van der Waals surface area contributed by atoms with Crippen molar-refractivity contribution in [1.29, 1.82) is 0 Å². The van der Waals surface area contributed by atoms with E-state index in [0.717, 1.165) is 23.1 Å². The van der Waals surface area contributed by atoms with Crippen LogP contribution in [0.4, 0.5) is 0 Å². The van der Waals surface area contributed by atoms with Gasteiger partial charge in [0.05, 0.1) is 6.61 Å². The van der Waals surface area contributed by atoms with Gasteiger partial charge in [0, 0.05) is 10.5 Å². The van der Waals surface area contributed by atoms with Crippen LogP contribution in [0.5, 0.6) is 5.75 Å². The first-order chi connectivity index (χ1) is 7.72. The minimum atomic E-state index is 0.161. The van der Waals surface area contributed by atoms with Gasteiger partial charge in [-0.15, -0.1) is 0 Å². The molecule has 0 fully saturated rings. The van der Waals surface area contributed by atoms with Crippen molar-refractivity contribution in [3.05, 3.63) is 27.7 Å². The van der Waals surface area contributed by atoms with Gasteiger partial charge >= 0.3 is 0 Å². The maximum atomic E-state index is 6.20. The predicted molar refractivity (Wildman–Crippen MR) is 69.8 cm³/mol. The first-order valence-corrected chi connectivity index (χ1v) is 6.72. The SMILES string of the molecule is CCOc1cc(Br)c2c(c1)C(N)CCCC2. The van der Waals surface area contributed by atoms with Crippen molar-refractivity contribution in [3.63, 3.8) is 0 Å². The molecule has 0 bridgehead atoms. The Morgan fingerprint density at radius 1 is 1.44 bits per heavy atom. The molecule has 1 aliphatic rings. The van der Waals surface area contributed by atoms with Gasteiger partial charge in [0.1, 0.15) is 5.75 Å². The number of rotatable bonds is 2. The molecular formula is C13H18BrNO. The van der Waals surface area contributed by atoms with Crippen LogP contribution in [0, 0.1) is 0 Å². The number of halogens is 1. The number of hydrogen-bond donors (Lipinski definition) is 1. The van der Waals surface area contributed by atoms with Crippen LogP contribution in [0.1, 0.15) is 43.4 Å². The van der Waals surface area contributed by atoms with Crippen LogP contribution < -0.4 is 10.5 Å². The average Bonchev–Trinajstić information content (AvgIpc) is 2.43. The summed E-state index contributed by atoms with van der Waals surface area (Å²) < 4.78 is 6.70. The van der Waals surface area contributed by atoms with E-state index >= 15 is 0 Å². The number of ether oxygens (including phenoxy) is 1. The summed E-state index contributed by atoms with van der Waals surface area (Å²) in [6.45, 7) is 2.69. The lowest BCUT2D eigenvalue weighted by Gasteiger charge is -2.16. The first-order valence-electron chi connectivity index (χ1n) is 5.93. The van der Waals surface area contributed by atoms with E-state index in [9.17, 15) is 0 Å². The topological polar surface area (TPSA) is 35.2 Å². The van der Waals surface area contributed by atoms with Gasteiger partial charge < -0.3 is 10.5 Å². The Morgan fingerprint density at radius 2 is 2.25 bits per heavy atom. The Kier molecular flexibility index (Phi) is 3.87. The Morgan fingerprint density at radius 3 is 3.00 bits per heavy atom. The lowest BCUT2D eigenvalue weighted by atomic mass is 9.99. The number of fused-ring (bicyclic) bond motifs is 1. The van der Waals surface area contributed by atoms with Crippen LogP contribution in [0.15, 0.2) is 16.6 Å². The van der Waals surface area contributed by atoms with Gasteiger partial charge in [-0.3, -0.25) is 0 Å². The van der Waals surface area contributed by atoms with Gasteiger partial charge in [-0.25, -0.2) is 0 Å². The van der Waals surface area contributed by atoms with E-state index in [4.69, 9.17) is 10.5 Å². The second-order valence-electron chi connectivity index (χ2n) is 4.26. The lowest BCUT2D eigenvalue weighted by Crippen LogP contribution is -2.11.